The lowest BCUT2D eigenvalue weighted by atomic mass is 9.98. The molecule has 0 spiro atoms. The highest BCUT2D eigenvalue weighted by atomic mass is 32.2. The van der Waals surface area contributed by atoms with Crippen molar-refractivity contribution in [1.29, 1.82) is 0 Å². The maximum atomic E-state index is 12.0. The lowest BCUT2D eigenvalue weighted by Crippen LogP contribution is -2.40. The number of sulfonamides is 1. The highest BCUT2D eigenvalue weighted by Gasteiger charge is 2.33. The SMILES string of the molecule is CCn1ncc2c1[C@H](COC)CN(S(=O)(=O)CC)C2. The van der Waals surface area contributed by atoms with Crippen LogP contribution in [0.2, 0.25) is 0 Å². The zero-order chi connectivity index (χ0) is 14.0. The summed E-state index contributed by atoms with van der Waals surface area (Å²) in [5.41, 5.74) is 2.11. The van der Waals surface area contributed by atoms with Crippen molar-refractivity contribution in [3.8, 4) is 0 Å². The third-order valence-electron chi connectivity index (χ3n) is 3.54. The van der Waals surface area contributed by atoms with E-state index in [2.05, 4.69) is 5.10 Å². The summed E-state index contributed by atoms with van der Waals surface area (Å²) in [4.78, 5) is 0. The summed E-state index contributed by atoms with van der Waals surface area (Å²) in [6, 6.07) is 0. The van der Waals surface area contributed by atoms with Gasteiger partial charge < -0.3 is 4.74 Å². The molecular formula is C12H21N3O3S. The summed E-state index contributed by atoms with van der Waals surface area (Å²) in [6.07, 6.45) is 1.78. The number of hydrogen-bond acceptors (Lipinski definition) is 4. The normalized spacial score (nSPS) is 20.5. The molecule has 0 saturated heterocycles. The van der Waals surface area contributed by atoms with Gasteiger partial charge in [-0.25, -0.2) is 8.42 Å². The second kappa shape index (κ2) is 5.60. The van der Waals surface area contributed by atoms with Gasteiger partial charge in [0.25, 0.3) is 0 Å². The lowest BCUT2D eigenvalue weighted by molar-refractivity contribution is 0.159. The summed E-state index contributed by atoms with van der Waals surface area (Å²) >= 11 is 0. The number of nitrogens with zero attached hydrogens (tertiary/aromatic N) is 3. The molecule has 7 heteroatoms. The van der Waals surface area contributed by atoms with Crippen LogP contribution in [0.1, 0.15) is 31.0 Å². The number of hydrogen-bond donors (Lipinski definition) is 0. The molecule has 0 aromatic carbocycles. The second-order valence-corrected chi connectivity index (χ2v) is 6.97. The fourth-order valence-electron chi connectivity index (χ4n) is 2.59. The monoisotopic (exact) mass is 287 g/mol. The minimum absolute atomic E-state index is 0.0533. The average molecular weight is 287 g/mol. The Balaban J connectivity index is 2.37. The summed E-state index contributed by atoms with van der Waals surface area (Å²) in [6.45, 7) is 5.90. The van der Waals surface area contributed by atoms with Gasteiger partial charge in [0.2, 0.25) is 10.0 Å². The summed E-state index contributed by atoms with van der Waals surface area (Å²) < 4.78 is 32.8. The fourth-order valence-corrected chi connectivity index (χ4v) is 3.70. The second-order valence-electron chi connectivity index (χ2n) is 4.72. The van der Waals surface area contributed by atoms with Crippen LogP contribution < -0.4 is 0 Å². The minimum atomic E-state index is -3.17. The molecule has 1 aromatic heterocycles. The van der Waals surface area contributed by atoms with E-state index in [1.54, 1.807) is 24.5 Å². The molecule has 19 heavy (non-hydrogen) atoms. The smallest absolute Gasteiger partial charge is 0.214 e. The van der Waals surface area contributed by atoms with Crippen LogP contribution in [0.4, 0.5) is 0 Å². The highest BCUT2D eigenvalue weighted by Crippen LogP contribution is 2.30. The Bertz CT molecular complexity index is 538. The molecular weight excluding hydrogens is 266 g/mol. The van der Waals surface area contributed by atoms with Crippen LogP contribution in [0, 0.1) is 0 Å². The first-order chi connectivity index (χ1) is 9.03. The van der Waals surface area contributed by atoms with Crippen molar-refractivity contribution in [3.63, 3.8) is 0 Å². The van der Waals surface area contributed by atoms with Crippen molar-refractivity contribution in [3.05, 3.63) is 17.5 Å². The maximum absolute atomic E-state index is 12.0. The van der Waals surface area contributed by atoms with Crippen molar-refractivity contribution >= 4 is 10.0 Å². The third kappa shape index (κ3) is 2.68. The van der Waals surface area contributed by atoms with E-state index in [4.69, 9.17) is 4.74 Å². The van der Waals surface area contributed by atoms with E-state index in [1.807, 2.05) is 11.6 Å². The predicted octanol–water partition coefficient (Wildman–Crippen LogP) is 0.798. The fraction of sp³-hybridized carbons (Fsp3) is 0.750. The van der Waals surface area contributed by atoms with Crippen LogP contribution in [-0.2, 0) is 27.8 Å². The molecule has 0 aliphatic carbocycles. The Morgan fingerprint density at radius 2 is 2.21 bits per heavy atom. The van der Waals surface area contributed by atoms with E-state index in [0.29, 0.717) is 19.7 Å². The topological polar surface area (TPSA) is 64.4 Å². The molecule has 0 bridgehead atoms. The number of fused-ring (bicyclic) bond motifs is 1. The van der Waals surface area contributed by atoms with E-state index in [9.17, 15) is 8.42 Å². The quantitative estimate of drug-likeness (QED) is 0.803. The van der Waals surface area contributed by atoms with E-state index in [1.165, 1.54) is 0 Å². The zero-order valence-electron chi connectivity index (χ0n) is 11.7. The molecule has 0 amide bonds. The number of rotatable bonds is 5. The summed E-state index contributed by atoms with van der Waals surface area (Å²) in [5.74, 6) is 0.182. The largest absolute Gasteiger partial charge is 0.384 e. The van der Waals surface area contributed by atoms with Crippen molar-refractivity contribution in [2.24, 2.45) is 0 Å². The Labute approximate surface area is 114 Å². The number of aryl methyl sites for hydroxylation is 1. The van der Waals surface area contributed by atoms with Crippen LogP contribution >= 0.6 is 0 Å². The number of aromatic nitrogens is 2. The molecule has 0 radical (unpaired) electrons. The first kappa shape index (κ1) is 14.5. The van der Waals surface area contributed by atoms with Crippen LogP contribution in [0.3, 0.4) is 0 Å². The van der Waals surface area contributed by atoms with Gasteiger partial charge in [-0.05, 0) is 13.8 Å². The Morgan fingerprint density at radius 3 is 2.79 bits per heavy atom. The van der Waals surface area contributed by atoms with Crippen LogP contribution in [0.15, 0.2) is 6.20 Å². The number of ether oxygens (including phenoxy) is 1. The van der Waals surface area contributed by atoms with Gasteiger partial charge in [-0.1, -0.05) is 0 Å². The van der Waals surface area contributed by atoms with Gasteiger partial charge in [-0.3, -0.25) is 4.68 Å². The Morgan fingerprint density at radius 1 is 1.47 bits per heavy atom. The van der Waals surface area contributed by atoms with Gasteiger partial charge in [0.1, 0.15) is 0 Å². The molecule has 2 rings (SSSR count). The van der Waals surface area contributed by atoms with Gasteiger partial charge in [0.15, 0.2) is 0 Å². The highest BCUT2D eigenvalue weighted by molar-refractivity contribution is 7.89. The molecule has 0 unspecified atom stereocenters. The predicted molar refractivity (Wildman–Crippen MR) is 72.4 cm³/mol. The van der Waals surface area contributed by atoms with Crippen molar-refractivity contribution in [2.45, 2.75) is 32.9 Å². The van der Waals surface area contributed by atoms with Crippen molar-refractivity contribution in [2.75, 3.05) is 26.0 Å². The lowest BCUT2D eigenvalue weighted by Gasteiger charge is -2.32. The Kier molecular flexibility index (Phi) is 4.27. The van der Waals surface area contributed by atoms with Gasteiger partial charge in [0, 0.05) is 43.9 Å². The van der Waals surface area contributed by atoms with E-state index in [-0.39, 0.29) is 11.7 Å². The van der Waals surface area contributed by atoms with Gasteiger partial charge in [0.05, 0.1) is 18.6 Å². The van der Waals surface area contributed by atoms with Crippen LogP contribution in [0.25, 0.3) is 0 Å². The molecule has 6 nitrogen and oxygen atoms in total. The molecule has 2 heterocycles. The van der Waals surface area contributed by atoms with E-state index in [0.717, 1.165) is 17.8 Å². The molecule has 108 valence electrons. The van der Waals surface area contributed by atoms with E-state index < -0.39 is 10.0 Å². The van der Waals surface area contributed by atoms with Crippen LogP contribution in [-0.4, -0.2) is 48.5 Å². The van der Waals surface area contributed by atoms with Crippen molar-refractivity contribution in [1.82, 2.24) is 14.1 Å². The average Bonchev–Trinajstić information content (AvgIpc) is 2.82. The first-order valence-electron chi connectivity index (χ1n) is 6.54. The number of methoxy groups -OCH3 is 1. The van der Waals surface area contributed by atoms with Crippen LogP contribution in [0.5, 0.6) is 0 Å². The van der Waals surface area contributed by atoms with Crippen molar-refractivity contribution < 1.29 is 13.2 Å². The van der Waals surface area contributed by atoms with Gasteiger partial charge in [-0.15, -0.1) is 0 Å². The molecule has 0 saturated carbocycles. The summed E-state index contributed by atoms with van der Waals surface area (Å²) in [5, 5.41) is 4.33. The van der Waals surface area contributed by atoms with Gasteiger partial charge >= 0.3 is 0 Å². The van der Waals surface area contributed by atoms with Gasteiger partial charge in [-0.2, -0.15) is 9.40 Å². The first-order valence-corrected chi connectivity index (χ1v) is 8.15. The molecule has 0 N–H and O–H groups in total. The standard InChI is InChI=1S/C12H21N3O3S/c1-4-15-12-10(6-13-15)7-14(19(16,17)5-2)8-11(12)9-18-3/h6,11H,4-5,7-9H2,1-3H3/t11-/m0/s1. The van der Waals surface area contributed by atoms with E-state index >= 15 is 0 Å². The molecule has 1 aromatic rings. The molecule has 1 aliphatic rings. The molecule has 1 aliphatic heterocycles. The maximum Gasteiger partial charge on any atom is 0.214 e. The summed E-state index contributed by atoms with van der Waals surface area (Å²) in [7, 11) is -1.53. The zero-order valence-corrected chi connectivity index (χ0v) is 12.5. The molecule has 1 atom stereocenters. The third-order valence-corrected chi connectivity index (χ3v) is 5.34. The Hall–Kier alpha value is -0.920. The minimum Gasteiger partial charge on any atom is -0.384 e. The molecule has 0 fully saturated rings.